The molecule has 2 aromatic rings. The van der Waals surface area contributed by atoms with Gasteiger partial charge in [0.05, 0.1) is 6.54 Å². The van der Waals surface area contributed by atoms with E-state index in [1.54, 1.807) is 6.20 Å². The summed E-state index contributed by atoms with van der Waals surface area (Å²) in [6, 6.07) is 9.77. The van der Waals surface area contributed by atoms with Crippen LogP contribution in [0.15, 0.2) is 41.3 Å². The Hall–Kier alpha value is -2.10. The topological polar surface area (TPSA) is 54.9 Å². The molecule has 4 heteroatoms. The maximum absolute atomic E-state index is 12.4. The first-order valence-electron chi connectivity index (χ1n) is 10.1. The average molecular weight is 357 g/mol. The molecule has 0 aliphatic heterocycles. The number of nitrogens with one attached hydrogen (secondary N) is 1. The van der Waals surface area contributed by atoms with Gasteiger partial charge in [0.15, 0.2) is 5.78 Å². The summed E-state index contributed by atoms with van der Waals surface area (Å²) in [7, 11) is 0. The first-order valence-corrected chi connectivity index (χ1v) is 10.1. The van der Waals surface area contributed by atoms with Gasteiger partial charge in [-0.15, -0.1) is 0 Å². The van der Waals surface area contributed by atoms with Gasteiger partial charge in [0.1, 0.15) is 5.56 Å². The Kier molecular flexibility index (Phi) is 8.94. The van der Waals surface area contributed by atoms with Crippen molar-refractivity contribution in [3.05, 3.63) is 58.0 Å². The van der Waals surface area contributed by atoms with Gasteiger partial charge in [0, 0.05) is 12.6 Å². The van der Waals surface area contributed by atoms with E-state index in [0.29, 0.717) is 18.5 Å². The summed E-state index contributed by atoms with van der Waals surface area (Å²) in [6.45, 7) is 2.70. The second-order valence-electron chi connectivity index (χ2n) is 7.07. The van der Waals surface area contributed by atoms with Gasteiger partial charge < -0.3 is 5.10 Å². The fourth-order valence-corrected chi connectivity index (χ4v) is 3.22. The van der Waals surface area contributed by atoms with Crippen molar-refractivity contribution in [3.8, 4) is 0 Å². The van der Waals surface area contributed by atoms with Crippen LogP contribution in [0.3, 0.4) is 0 Å². The third kappa shape index (κ3) is 6.66. The number of nitrogens with zero attached hydrogens (tertiary/aromatic N) is 1. The van der Waals surface area contributed by atoms with Gasteiger partial charge >= 0.3 is 0 Å². The smallest absolute Gasteiger partial charge is 0.277 e. The van der Waals surface area contributed by atoms with Crippen LogP contribution in [0.25, 0.3) is 0 Å². The van der Waals surface area contributed by atoms with E-state index in [-0.39, 0.29) is 11.3 Å². The van der Waals surface area contributed by atoms with Gasteiger partial charge in [0.25, 0.3) is 5.56 Å². The predicted octanol–water partition coefficient (Wildman–Crippen LogP) is 5.33. The van der Waals surface area contributed by atoms with Crippen LogP contribution in [0.2, 0.25) is 0 Å². The number of hydrogen-bond acceptors (Lipinski definition) is 2. The van der Waals surface area contributed by atoms with Crippen molar-refractivity contribution in [3.63, 3.8) is 0 Å². The molecule has 0 atom stereocenters. The van der Waals surface area contributed by atoms with E-state index in [0.717, 1.165) is 18.4 Å². The fraction of sp³-hybridized carbons (Fsp3) is 0.545. The third-order valence-corrected chi connectivity index (χ3v) is 4.83. The second-order valence-corrected chi connectivity index (χ2v) is 7.07. The van der Waals surface area contributed by atoms with E-state index >= 15 is 0 Å². The van der Waals surface area contributed by atoms with Crippen LogP contribution < -0.4 is 5.56 Å². The van der Waals surface area contributed by atoms with E-state index in [1.807, 2.05) is 30.3 Å². The lowest BCUT2D eigenvalue weighted by Gasteiger charge is -2.02. The summed E-state index contributed by atoms with van der Waals surface area (Å²) in [4.78, 5) is 24.7. The van der Waals surface area contributed by atoms with Gasteiger partial charge in [-0.1, -0.05) is 88.6 Å². The lowest BCUT2D eigenvalue weighted by Crippen LogP contribution is -2.22. The third-order valence-electron chi connectivity index (χ3n) is 4.83. The van der Waals surface area contributed by atoms with Crippen LogP contribution in [-0.4, -0.2) is 15.6 Å². The zero-order valence-electron chi connectivity index (χ0n) is 16.0. The number of carbonyl (C=O) groups excluding carboxylic acids is 1. The van der Waals surface area contributed by atoms with E-state index in [4.69, 9.17) is 0 Å². The normalized spacial score (nSPS) is 11.0. The second kappa shape index (κ2) is 11.5. The van der Waals surface area contributed by atoms with Gasteiger partial charge in [-0.3, -0.25) is 9.59 Å². The number of rotatable bonds is 13. The van der Waals surface area contributed by atoms with Crippen molar-refractivity contribution in [2.45, 2.75) is 77.7 Å². The molecule has 0 saturated heterocycles. The molecule has 1 aromatic carbocycles. The van der Waals surface area contributed by atoms with Crippen molar-refractivity contribution < 1.29 is 4.79 Å². The summed E-state index contributed by atoms with van der Waals surface area (Å²) in [5.74, 6) is -0.0407. The highest BCUT2D eigenvalue weighted by molar-refractivity contribution is 5.95. The van der Waals surface area contributed by atoms with E-state index in [2.05, 4.69) is 12.0 Å². The minimum absolute atomic E-state index is 0.0407. The molecule has 4 nitrogen and oxygen atoms in total. The lowest BCUT2D eigenvalue weighted by molar-refractivity contribution is 0.0978. The zero-order valence-corrected chi connectivity index (χ0v) is 16.0. The van der Waals surface area contributed by atoms with Gasteiger partial charge in [-0.05, 0) is 12.0 Å². The molecule has 0 saturated carbocycles. The first kappa shape index (κ1) is 20.2. The summed E-state index contributed by atoms with van der Waals surface area (Å²) < 4.78 is 1.50. The highest BCUT2D eigenvalue weighted by Gasteiger charge is 2.14. The van der Waals surface area contributed by atoms with Crippen LogP contribution >= 0.6 is 0 Å². The Bertz CT molecular complexity index is 700. The molecule has 26 heavy (non-hydrogen) atoms. The first-order chi connectivity index (χ1) is 12.7. The zero-order chi connectivity index (χ0) is 18.6. The number of aromatic nitrogens is 2. The largest absolute Gasteiger partial charge is 0.302 e. The number of hydrogen-bond donors (Lipinski definition) is 1. The molecule has 2 rings (SSSR count). The molecule has 142 valence electrons. The monoisotopic (exact) mass is 356 g/mol. The number of carbonyl (C=O) groups is 1. The van der Waals surface area contributed by atoms with Gasteiger partial charge in [-0.25, -0.2) is 4.68 Å². The fourth-order valence-electron chi connectivity index (χ4n) is 3.22. The van der Waals surface area contributed by atoms with E-state index < -0.39 is 0 Å². The van der Waals surface area contributed by atoms with Crippen molar-refractivity contribution >= 4 is 5.78 Å². The molecule has 1 heterocycles. The number of benzene rings is 1. The minimum atomic E-state index is -0.213. The molecule has 0 fully saturated rings. The number of ketones is 1. The molecule has 0 unspecified atom stereocenters. The van der Waals surface area contributed by atoms with Crippen LogP contribution in [0.5, 0.6) is 0 Å². The molecule has 1 N–H and O–H groups in total. The number of H-pyrrole nitrogens is 1. The molecule has 0 radical (unpaired) electrons. The summed E-state index contributed by atoms with van der Waals surface area (Å²) in [6.07, 6.45) is 13.0. The average Bonchev–Trinajstić information content (AvgIpc) is 3.01. The van der Waals surface area contributed by atoms with Gasteiger partial charge in [0.2, 0.25) is 0 Å². The molecule has 0 amide bonds. The van der Waals surface area contributed by atoms with Crippen LogP contribution in [0, 0.1) is 0 Å². The van der Waals surface area contributed by atoms with E-state index in [9.17, 15) is 9.59 Å². The van der Waals surface area contributed by atoms with E-state index in [1.165, 1.54) is 49.6 Å². The molecular formula is C22H32N2O2. The lowest BCUT2D eigenvalue weighted by atomic mass is 10.0. The van der Waals surface area contributed by atoms with Crippen LogP contribution in [0.1, 0.15) is 87.1 Å². The highest BCUT2D eigenvalue weighted by Crippen LogP contribution is 2.11. The molecule has 0 aliphatic rings. The highest BCUT2D eigenvalue weighted by atomic mass is 16.2. The van der Waals surface area contributed by atoms with Crippen LogP contribution in [0.4, 0.5) is 0 Å². The van der Waals surface area contributed by atoms with Crippen molar-refractivity contribution in [1.82, 2.24) is 9.78 Å². The number of aromatic amines is 1. The SMILES string of the molecule is CCCCCCCCCCCC(=O)c1c[nH]n(Cc2ccccc2)c1=O. The Morgan fingerprint density at radius 3 is 2.19 bits per heavy atom. The Labute approximate surface area is 156 Å². The van der Waals surface area contributed by atoms with Crippen LogP contribution in [-0.2, 0) is 6.54 Å². The molecule has 0 spiro atoms. The standard InChI is InChI=1S/C22H32N2O2/c1-2-3-4-5-6-7-8-9-13-16-21(25)20-17-23-24(22(20)26)18-19-14-11-10-12-15-19/h10-12,14-15,17,23H,2-9,13,16,18H2,1H3. The molecule has 1 aromatic heterocycles. The molecule has 0 bridgehead atoms. The van der Waals surface area contributed by atoms with Gasteiger partial charge in [-0.2, -0.15) is 0 Å². The summed E-state index contributed by atoms with van der Waals surface area (Å²) in [5.41, 5.74) is 1.12. The molecule has 0 aliphatic carbocycles. The Balaban J connectivity index is 1.69. The van der Waals surface area contributed by atoms with Crippen molar-refractivity contribution in [1.29, 1.82) is 0 Å². The quantitative estimate of drug-likeness (QED) is 0.390. The maximum Gasteiger partial charge on any atom is 0.277 e. The summed E-state index contributed by atoms with van der Waals surface area (Å²) in [5, 5.41) is 2.92. The minimum Gasteiger partial charge on any atom is -0.302 e. The number of Topliss-reactive ketones (excluding diaryl/α,β-unsaturated/α-hetero) is 1. The molecular weight excluding hydrogens is 324 g/mol. The Morgan fingerprint density at radius 1 is 0.923 bits per heavy atom. The van der Waals surface area contributed by atoms with Crippen molar-refractivity contribution in [2.75, 3.05) is 0 Å². The Morgan fingerprint density at radius 2 is 1.54 bits per heavy atom. The number of unbranched alkanes of at least 4 members (excludes halogenated alkanes) is 8. The van der Waals surface area contributed by atoms with Crippen molar-refractivity contribution in [2.24, 2.45) is 0 Å². The summed E-state index contributed by atoms with van der Waals surface area (Å²) >= 11 is 0. The predicted molar refractivity (Wildman–Crippen MR) is 107 cm³/mol. The maximum atomic E-state index is 12.4.